The van der Waals surface area contributed by atoms with Gasteiger partial charge in [-0.3, -0.25) is 0 Å². The highest BCUT2D eigenvalue weighted by Crippen LogP contribution is 2.18. The fourth-order valence-corrected chi connectivity index (χ4v) is 3.65. The molecule has 0 saturated heterocycles. The van der Waals surface area contributed by atoms with Gasteiger partial charge < -0.3 is 5.73 Å². The van der Waals surface area contributed by atoms with Crippen molar-refractivity contribution in [3.8, 4) is 0 Å². The third-order valence-corrected chi connectivity index (χ3v) is 5.29. The number of nitrogens with two attached hydrogens (primary N) is 1. The lowest BCUT2D eigenvalue weighted by molar-refractivity contribution is 0.420. The maximum atomic E-state index is 13.3. The van der Waals surface area contributed by atoms with Crippen molar-refractivity contribution >= 4 is 10.0 Å². The van der Waals surface area contributed by atoms with Gasteiger partial charge in [-0.1, -0.05) is 30.3 Å². The first-order valence-corrected chi connectivity index (χ1v) is 8.58. The molecule has 0 spiro atoms. The molecular formula is C16H18F2N2O2S. The Kier molecular flexibility index (Phi) is 5.81. The number of hydrogen-bond donors (Lipinski definition) is 1. The molecular weight excluding hydrogens is 322 g/mol. The van der Waals surface area contributed by atoms with Crippen LogP contribution >= 0.6 is 0 Å². The van der Waals surface area contributed by atoms with E-state index in [0.29, 0.717) is 12.5 Å². The summed E-state index contributed by atoms with van der Waals surface area (Å²) < 4.78 is 52.7. The second kappa shape index (κ2) is 7.63. The first-order valence-electron chi connectivity index (χ1n) is 7.14. The maximum Gasteiger partial charge on any atom is 0.243 e. The van der Waals surface area contributed by atoms with E-state index in [1.807, 2.05) is 30.3 Å². The van der Waals surface area contributed by atoms with Gasteiger partial charge in [0.2, 0.25) is 10.0 Å². The first-order chi connectivity index (χ1) is 10.9. The van der Waals surface area contributed by atoms with Crippen molar-refractivity contribution in [3.63, 3.8) is 0 Å². The Bertz CT molecular complexity index is 752. The quantitative estimate of drug-likeness (QED) is 0.840. The molecule has 0 aromatic heterocycles. The molecule has 0 amide bonds. The van der Waals surface area contributed by atoms with Crippen LogP contribution in [-0.4, -0.2) is 32.4 Å². The summed E-state index contributed by atoms with van der Waals surface area (Å²) in [7, 11) is -3.93. The van der Waals surface area contributed by atoms with Gasteiger partial charge in [-0.05, 0) is 30.2 Å². The molecule has 0 radical (unpaired) electrons. The van der Waals surface area contributed by atoms with Gasteiger partial charge in [0.15, 0.2) is 11.6 Å². The molecule has 124 valence electrons. The van der Waals surface area contributed by atoms with Crippen LogP contribution in [0.4, 0.5) is 8.78 Å². The van der Waals surface area contributed by atoms with Gasteiger partial charge in [0.05, 0.1) is 4.90 Å². The molecule has 2 N–H and O–H groups in total. The Morgan fingerprint density at radius 1 is 0.957 bits per heavy atom. The summed E-state index contributed by atoms with van der Waals surface area (Å²) in [6.45, 7) is 0.453. The Morgan fingerprint density at radius 2 is 1.65 bits per heavy atom. The average Bonchev–Trinajstić information content (AvgIpc) is 2.54. The van der Waals surface area contributed by atoms with E-state index >= 15 is 0 Å². The largest absolute Gasteiger partial charge is 0.329 e. The molecule has 2 rings (SSSR count). The third-order valence-electron chi connectivity index (χ3n) is 3.40. The van der Waals surface area contributed by atoms with Crippen LogP contribution in [0, 0.1) is 11.6 Å². The Hall–Kier alpha value is -1.83. The van der Waals surface area contributed by atoms with E-state index in [2.05, 4.69) is 0 Å². The fourth-order valence-electron chi connectivity index (χ4n) is 2.18. The predicted molar refractivity (Wildman–Crippen MR) is 84.3 cm³/mol. The summed E-state index contributed by atoms with van der Waals surface area (Å²) in [4.78, 5) is -0.280. The zero-order chi connectivity index (χ0) is 16.9. The van der Waals surface area contributed by atoms with Crippen molar-refractivity contribution in [3.05, 3.63) is 65.7 Å². The highest BCUT2D eigenvalue weighted by molar-refractivity contribution is 7.89. The number of benzene rings is 2. The van der Waals surface area contributed by atoms with Crippen LogP contribution in [0.2, 0.25) is 0 Å². The Balaban J connectivity index is 2.22. The zero-order valence-electron chi connectivity index (χ0n) is 12.5. The molecule has 7 heteroatoms. The van der Waals surface area contributed by atoms with Gasteiger partial charge in [-0.2, -0.15) is 4.31 Å². The topological polar surface area (TPSA) is 63.4 Å². The highest BCUT2D eigenvalue weighted by Gasteiger charge is 2.24. The molecule has 23 heavy (non-hydrogen) atoms. The van der Waals surface area contributed by atoms with Gasteiger partial charge >= 0.3 is 0 Å². The lowest BCUT2D eigenvalue weighted by Gasteiger charge is -2.21. The summed E-state index contributed by atoms with van der Waals surface area (Å²) in [6, 6.07) is 11.9. The number of halogens is 2. The number of hydrogen-bond acceptors (Lipinski definition) is 3. The van der Waals surface area contributed by atoms with Crippen molar-refractivity contribution in [1.82, 2.24) is 4.31 Å². The summed E-state index contributed by atoms with van der Waals surface area (Å²) in [6.07, 6.45) is 0.504. The number of rotatable bonds is 7. The second-order valence-electron chi connectivity index (χ2n) is 5.00. The van der Waals surface area contributed by atoms with Crippen LogP contribution in [0.15, 0.2) is 53.4 Å². The lowest BCUT2D eigenvalue weighted by atomic mass is 10.1. The van der Waals surface area contributed by atoms with Crippen molar-refractivity contribution in [2.24, 2.45) is 5.73 Å². The van der Waals surface area contributed by atoms with E-state index in [1.54, 1.807) is 0 Å². The lowest BCUT2D eigenvalue weighted by Crippen LogP contribution is -2.37. The molecule has 0 heterocycles. The Morgan fingerprint density at radius 3 is 2.26 bits per heavy atom. The van der Waals surface area contributed by atoms with E-state index in [-0.39, 0.29) is 24.5 Å². The van der Waals surface area contributed by atoms with Gasteiger partial charge in [0, 0.05) is 19.6 Å². The van der Waals surface area contributed by atoms with E-state index in [0.717, 1.165) is 17.7 Å². The van der Waals surface area contributed by atoms with Crippen LogP contribution in [0.5, 0.6) is 0 Å². The molecule has 2 aromatic rings. The van der Waals surface area contributed by atoms with E-state index in [1.165, 1.54) is 4.31 Å². The molecule has 4 nitrogen and oxygen atoms in total. The summed E-state index contributed by atoms with van der Waals surface area (Å²) >= 11 is 0. The first kappa shape index (κ1) is 17.5. The van der Waals surface area contributed by atoms with Crippen LogP contribution in [0.3, 0.4) is 0 Å². The second-order valence-corrected chi connectivity index (χ2v) is 6.94. The Labute approximate surface area is 134 Å². The van der Waals surface area contributed by atoms with Crippen LogP contribution < -0.4 is 5.73 Å². The minimum atomic E-state index is -3.93. The minimum absolute atomic E-state index is 0.105. The van der Waals surface area contributed by atoms with Crippen LogP contribution in [0.25, 0.3) is 0 Å². The minimum Gasteiger partial charge on any atom is -0.329 e. The molecule has 0 aliphatic carbocycles. The molecule has 0 bridgehead atoms. The van der Waals surface area contributed by atoms with Crippen LogP contribution in [0.1, 0.15) is 5.56 Å². The van der Waals surface area contributed by atoms with E-state index in [4.69, 9.17) is 5.73 Å². The van der Waals surface area contributed by atoms with Crippen molar-refractivity contribution in [2.45, 2.75) is 11.3 Å². The highest BCUT2D eigenvalue weighted by atomic mass is 32.2. The fraction of sp³-hybridized carbons (Fsp3) is 0.250. The van der Waals surface area contributed by atoms with Crippen molar-refractivity contribution in [2.75, 3.05) is 19.6 Å². The number of sulfonamides is 1. The zero-order valence-corrected chi connectivity index (χ0v) is 13.3. The van der Waals surface area contributed by atoms with E-state index in [9.17, 15) is 17.2 Å². The summed E-state index contributed by atoms with van der Waals surface area (Å²) in [5.74, 6) is -2.28. The average molecular weight is 340 g/mol. The van der Waals surface area contributed by atoms with Gasteiger partial charge in [-0.25, -0.2) is 17.2 Å². The number of nitrogens with zero attached hydrogens (tertiary/aromatic N) is 1. The molecule has 0 unspecified atom stereocenters. The molecule has 0 saturated carbocycles. The summed E-state index contributed by atoms with van der Waals surface area (Å²) in [5.41, 5.74) is 6.47. The molecule has 0 fully saturated rings. The molecule has 0 aliphatic rings. The summed E-state index contributed by atoms with van der Waals surface area (Å²) in [5, 5.41) is 0. The van der Waals surface area contributed by atoms with E-state index < -0.39 is 21.7 Å². The van der Waals surface area contributed by atoms with Gasteiger partial charge in [-0.15, -0.1) is 0 Å². The molecule has 0 aliphatic heterocycles. The standard InChI is InChI=1S/C16H18F2N2O2S/c17-15-7-6-14(12-16(15)18)23(21,22)20(11-9-19)10-8-13-4-2-1-3-5-13/h1-7,12H,8-11,19H2. The molecule has 2 aromatic carbocycles. The third kappa shape index (κ3) is 4.34. The molecule has 0 atom stereocenters. The normalized spacial score (nSPS) is 11.8. The van der Waals surface area contributed by atoms with Gasteiger partial charge in [0.1, 0.15) is 0 Å². The SMILES string of the molecule is NCCN(CCc1ccccc1)S(=O)(=O)c1ccc(F)c(F)c1. The smallest absolute Gasteiger partial charge is 0.243 e. The van der Waals surface area contributed by atoms with Gasteiger partial charge in [0.25, 0.3) is 0 Å². The monoisotopic (exact) mass is 340 g/mol. The van der Waals surface area contributed by atoms with Crippen molar-refractivity contribution in [1.29, 1.82) is 0 Å². The predicted octanol–water partition coefficient (Wildman–Crippen LogP) is 2.16. The van der Waals surface area contributed by atoms with Crippen molar-refractivity contribution < 1.29 is 17.2 Å². The maximum absolute atomic E-state index is 13.3. The van der Waals surface area contributed by atoms with Crippen LogP contribution in [-0.2, 0) is 16.4 Å².